The van der Waals surface area contributed by atoms with E-state index in [0.29, 0.717) is 5.71 Å². The Morgan fingerprint density at radius 3 is 3.00 bits per heavy atom. The molecule has 8 heteroatoms. The van der Waals surface area contributed by atoms with Crippen LogP contribution in [-0.2, 0) is 4.74 Å². The molecule has 1 fully saturated rings. The molecule has 2 heterocycles. The number of nitrogen functional groups attached to an aromatic ring is 1. The van der Waals surface area contributed by atoms with E-state index >= 15 is 0 Å². The Kier molecular flexibility index (Phi) is 3.07. The van der Waals surface area contributed by atoms with Crippen LogP contribution in [0.1, 0.15) is 12.6 Å². The number of aliphatic hydroxyl groups is 1. The van der Waals surface area contributed by atoms with Gasteiger partial charge < -0.3 is 20.8 Å². The summed E-state index contributed by atoms with van der Waals surface area (Å²) in [5.74, 6) is 0.106. The number of ether oxygens (including phenoxy) is 1. The molecule has 0 saturated carbocycles. The van der Waals surface area contributed by atoms with E-state index in [0.717, 1.165) is 4.57 Å². The van der Waals surface area contributed by atoms with E-state index < -0.39 is 18.0 Å². The molecule has 0 radical (unpaired) electrons. The molecule has 1 aromatic rings. The molecule has 0 bridgehead atoms. The van der Waals surface area contributed by atoms with Crippen LogP contribution < -0.4 is 11.4 Å². The molecule has 1 saturated heterocycles. The van der Waals surface area contributed by atoms with Crippen molar-refractivity contribution in [1.29, 1.82) is 0 Å². The molecule has 0 aliphatic carbocycles. The van der Waals surface area contributed by atoms with E-state index in [1.54, 1.807) is 0 Å². The molecule has 0 unspecified atom stereocenters. The normalized spacial score (nSPS) is 27.2. The number of aromatic nitrogens is 2. The molecule has 4 N–H and O–H groups in total. The Morgan fingerprint density at radius 2 is 2.41 bits per heavy atom. The fraction of sp³-hybridized carbons (Fsp3) is 0.444. The van der Waals surface area contributed by atoms with Crippen molar-refractivity contribution in [1.82, 2.24) is 9.55 Å². The van der Waals surface area contributed by atoms with Gasteiger partial charge in [-0.05, 0) is 6.07 Å². The van der Waals surface area contributed by atoms with E-state index in [1.807, 2.05) is 0 Å². The molecular weight excluding hydrogens is 228 g/mol. The van der Waals surface area contributed by atoms with Crippen molar-refractivity contribution < 1.29 is 15.1 Å². The first-order chi connectivity index (χ1) is 8.11. The standard InChI is InChI=1S/C9H12N4O4/c10-7-1-2-13(9(15)11-7)8-6(14)3-5(12-16)4-17-8/h1-2,6,8,14,16H,3-4H2,(H2,10,11,15)/b12-5-/t6-,8-/m1/s1. The summed E-state index contributed by atoms with van der Waals surface area (Å²) in [5.41, 5.74) is 5.08. The van der Waals surface area contributed by atoms with Crippen molar-refractivity contribution in [3.05, 3.63) is 22.7 Å². The molecule has 17 heavy (non-hydrogen) atoms. The Balaban J connectivity index is 2.26. The van der Waals surface area contributed by atoms with Gasteiger partial charge in [0.15, 0.2) is 6.23 Å². The second kappa shape index (κ2) is 4.52. The Labute approximate surface area is 96.0 Å². The topological polar surface area (TPSA) is 123 Å². The predicted octanol–water partition coefficient (Wildman–Crippen LogP) is -1.06. The number of hydrogen-bond donors (Lipinski definition) is 3. The zero-order valence-corrected chi connectivity index (χ0v) is 8.85. The van der Waals surface area contributed by atoms with Crippen LogP contribution in [0.15, 0.2) is 22.2 Å². The summed E-state index contributed by atoms with van der Waals surface area (Å²) in [6.45, 7) is 0.0506. The van der Waals surface area contributed by atoms with Crippen molar-refractivity contribution >= 4 is 11.5 Å². The lowest BCUT2D eigenvalue weighted by molar-refractivity contribution is -0.0826. The second-order valence-corrected chi connectivity index (χ2v) is 3.68. The number of hydrogen-bond acceptors (Lipinski definition) is 7. The van der Waals surface area contributed by atoms with Crippen LogP contribution in [0.5, 0.6) is 0 Å². The summed E-state index contributed by atoms with van der Waals surface area (Å²) in [4.78, 5) is 15.1. The van der Waals surface area contributed by atoms with Crippen LogP contribution in [0.4, 0.5) is 5.82 Å². The maximum Gasteiger partial charge on any atom is 0.351 e. The molecule has 1 aliphatic rings. The van der Waals surface area contributed by atoms with E-state index in [-0.39, 0.29) is 18.8 Å². The van der Waals surface area contributed by atoms with Gasteiger partial charge in [-0.15, -0.1) is 0 Å². The van der Waals surface area contributed by atoms with Gasteiger partial charge in [-0.3, -0.25) is 4.57 Å². The molecule has 8 nitrogen and oxygen atoms in total. The number of anilines is 1. The minimum absolute atomic E-state index is 0.0506. The SMILES string of the molecule is Nc1ccn([C@@H]2OC/C(=N\O)C[C@H]2O)c(=O)n1. The molecule has 0 spiro atoms. The van der Waals surface area contributed by atoms with Gasteiger partial charge in [-0.25, -0.2) is 4.79 Å². The second-order valence-electron chi connectivity index (χ2n) is 3.68. The molecule has 0 amide bonds. The van der Waals surface area contributed by atoms with Crippen LogP contribution in [-0.4, -0.2) is 38.3 Å². The maximum atomic E-state index is 11.5. The lowest BCUT2D eigenvalue weighted by Gasteiger charge is -2.29. The minimum atomic E-state index is -0.974. The summed E-state index contributed by atoms with van der Waals surface area (Å²) >= 11 is 0. The van der Waals surface area contributed by atoms with Crippen LogP contribution >= 0.6 is 0 Å². The summed E-state index contributed by atoms with van der Waals surface area (Å²) in [6.07, 6.45) is -0.281. The highest BCUT2D eigenvalue weighted by Crippen LogP contribution is 2.20. The van der Waals surface area contributed by atoms with Crippen molar-refractivity contribution in [3.63, 3.8) is 0 Å². The fourth-order valence-electron chi connectivity index (χ4n) is 1.65. The minimum Gasteiger partial charge on any atom is -0.411 e. The Bertz CT molecular complexity index is 498. The van der Waals surface area contributed by atoms with Gasteiger partial charge in [-0.1, -0.05) is 5.16 Å². The maximum absolute atomic E-state index is 11.5. The highest BCUT2D eigenvalue weighted by atomic mass is 16.5. The van der Waals surface area contributed by atoms with E-state index in [1.165, 1.54) is 12.3 Å². The average Bonchev–Trinajstić information content (AvgIpc) is 2.30. The van der Waals surface area contributed by atoms with Crippen LogP contribution in [0.2, 0.25) is 0 Å². The molecule has 1 aliphatic heterocycles. The molecule has 2 rings (SSSR count). The van der Waals surface area contributed by atoms with Crippen molar-refractivity contribution in [3.8, 4) is 0 Å². The predicted molar refractivity (Wildman–Crippen MR) is 57.7 cm³/mol. The third-order valence-electron chi connectivity index (χ3n) is 2.46. The molecule has 1 aromatic heterocycles. The first kappa shape index (κ1) is 11.6. The third kappa shape index (κ3) is 2.27. The summed E-state index contributed by atoms with van der Waals surface area (Å²) < 4.78 is 6.39. The summed E-state index contributed by atoms with van der Waals surface area (Å²) in [6, 6.07) is 1.44. The van der Waals surface area contributed by atoms with E-state index in [4.69, 9.17) is 15.7 Å². The number of nitrogens with zero attached hydrogens (tertiary/aromatic N) is 3. The number of nitrogens with two attached hydrogens (primary N) is 1. The first-order valence-corrected chi connectivity index (χ1v) is 4.96. The largest absolute Gasteiger partial charge is 0.411 e. The van der Waals surface area contributed by atoms with Crippen molar-refractivity contribution in [2.75, 3.05) is 12.3 Å². The quantitative estimate of drug-likeness (QED) is 0.424. The van der Waals surface area contributed by atoms with Crippen LogP contribution in [0, 0.1) is 0 Å². The highest BCUT2D eigenvalue weighted by Gasteiger charge is 2.30. The zero-order chi connectivity index (χ0) is 12.4. The smallest absolute Gasteiger partial charge is 0.351 e. The van der Waals surface area contributed by atoms with Gasteiger partial charge in [0.2, 0.25) is 0 Å². The zero-order valence-electron chi connectivity index (χ0n) is 8.85. The lowest BCUT2D eigenvalue weighted by atomic mass is 10.1. The van der Waals surface area contributed by atoms with Crippen LogP contribution in [0.25, 0.3) is 0 Å². The number of aliphatic hydroxyl groups excluding tert-OH is 1. The van der Waals surface area contributed by atoms with Gasteiger partial charge in [0.25, 0.3) is 0 Å². The first-order valence-electron chi connectivity index (χ1n) is 4.96. The van der Waals surface area contributed by atoms with Gasteiger partial charge in [0, 0.05) is 12.6 Å². The van der Waals surface area contributed by atoms with Gasteiger partial charge in [-0.2, -0.15) is 4.98 Å². The highest BCUT2D eigenvalue weighted by molar-refractivity contribution is 5.86. The molecule has 0 aromatic carbocycles. The third-order valence-corrected chi connectivity index (χ3v) is 2.46. The number of rotatable bonds is 1. The molecule has 92 valence electrons. The average molecular weight is 240 g/mol. The van der Waals surface area contributed by atoms with E-state index in [9.17, 15) is 9.90 Å². The monoisotopic (exact) mass is 240 g/mol. The lowest BCUT2D eigenvalue weighted by Crippen LogP contribution is -2.41. The van der Waals surface area contributed by atoms with Crippen molar-refractivity contribution in [2.45, 2.75) is 18.8 Å². The number of oxime groups is 1. The molecular formula is C9H12N4O4. The van der Waals surface area contributed by atoms with Gasteiger partial charge in [0.1, 0.15) is 11.9 Å². The van der Waals surface area contributed by atoms with Gasteiger partial charge >= 0.3 is 5.69 Å². The van der Waals surface area contributed by atoms with Crippen LogP contribution in [0.3, 0.4) is 0 Å². The Morgan fingerprint density at radius 1 is 1.65 bits per heavy atom. The summed E-state index contributed by atoms with van der Waals surface area (Å²) in [5, 5.41) is 21.3. The summed E-state index contributed by atoms with van der Waals surface area (Å²) in [7, 11) is 0. The van der Waals surface area contributed by atoms with Crippen molar-refractivity contribution in [2.24, 2.45) is 5.16 Å². The Hall–Kier alpha value is -1.93. The van der Waals surface area contributed by atoms with E-state index in [2.05, 4.69) is 10.1 Å². The van der Waals surface area contributed by atoms with Gasteiger partial charge in [0.05, 0.1) is 12.3 Å². The molecule has 2 atom stereocenters. The fourth-order valence-corrected chi connectivity index (χ4v) is 1.65.